The fraction of sp³-hybridized carbons (Fsp3) is 0.0476. The van der Waals surface area contributed by atoms with Crippen LogP contribution in [0.15, 0.2) is 84.0 Å². The molecule has 0 aliphatic carbocycles. The van der Waals surface area contributed by atoms with Crippen LogP contribution in [0.5, 0.6) is 5.75 Å². The Morgan fingerprint density at radius 1 is 0.962 bits per heavy atom. The molecule has 1 heterocycles. The van der Waals surface area contributed by atoms with Crippen LogP contribution in [-0.2, 0) is 6.61 Å². The van der Waals surface area contributed by atoms with Gasteiger partial charge in [-0.15, -0.1) is 0 Å². The highest BCUT2D eigenvalue weighted by Crippen LogP contribution is 2.25. The third-order valence-corrected chi connectivity index (χ3v) is 4.72. The second-order valence-corrected chi connectivity index (χ2v) is 6.73. The summed E-state index contributed by atoms with van der Waals surface area (Å²) in [5.74, 6) is 0.817. The summed E-state index contributed by atoms with van der Waals surface area (Å²) in [7, 11) is 0. The highest BCUT2D eigenvalue weighted by Gasteiger charge is 2.01. The quantitative estimate of drug-likeness (QED) is 0.374. The SMILES string of the molecule is C(=NNc1nc2ccccc2s1)c1cccc(OCc2ccccc2)c1. The van der Waals surface area contributed by atoms with E-state index in [4.69, 9.17) is 4.74 Å². The summed E-state index contributed by atoms with van der Waals surface area (Å²) >= 11 is 1.58. The largest absolute Gasteiger partial charge is 0.489 e. The molecule has 0 aliphatic rings. The van der Waals surface area contributed by atoms with Gasteiger partial charge < -0.3 is 4.74 Å². The third-order valence-electron chi connectivity index (χ3n) is 3.77. The smallest absolute Gasteiger partial charge is 0.204 e. The number of nitrogens with zero attached hydrogens (tertiary/aromatic N) is 2. The van der Waals surface area contributed by atoms with E-state index in [1.54, 1.807) is 17.6 Å². The molecule has 26 heavy (non-hydrogen) atoms. The average Bonchev–Trinajstić information content (AvgIpc) is 3.10. The molecule has 4 aromatic rings. The fourth-order valence-corrected chi connectivity index (χ4v) is 3.32. The van der Waals surface area contributed by atoms with Gasteiger partial charge in [-0.05, 0) is 35.4 Å². The van der Waals surface area contributed by atoms with Crippen LogP contribution in [0.4, 0.5) is 5.13 Å². The van der Waals surface area contributed by atoms with Gasteiger partial charge in [0.1, 0.15) is 12.4 Å². The molecule has 4 nitrogen and oxygen atoms in total. The molecular weight excluding hydrogens is 342 g/mol. The number of nitrogens with one attached hydrogen (secondary N) is 1. The molecule has 1 N–H and O–H groups in total. The van der Waals surface area contributed by atoms with Crippen molar-refractivity contribution in [2.45, 2.75) is 6.61 Å². The van der Waals surface area contributed by atoms with Crippen molar-refractivity contribution in [3.63, 3.8) is 0 Å². The lowest BCUT2D eigenvalue weighted by atomic mass is 10.2. The first-order chi connectivity index (χ1) is 12.9. The summed E-state index contributed by atoms with van der Waals surface area (Å²) in [6, 6.07) is 26.0. The second kappa shape index (κ2) is 7.80. The normalized spacial score (nSPS) is 11.1. The van der Waals surface area contributed by atoms with Gasteiger partial charge in [0.05, 0.1) is 16.4 Å². The van der Waals surface area contributed by atoms with Crippen LogP contribution in [0.1, 0.15) is 11.1 Å². The monoisotopic (exact) mass is 359 g/mol. The Morgan fingerprint density at radius 2 is 1.81 bits per heavy atom. The summed E-state index contributed by atoms with van der Waals surface area (Å²) < 4.78 is 6.99. The number of thiazole rings is 1. The van der Waals surface area contributed by atoms with E-state index in [0.717, 1.165) is 32.2 Å². The van der Waals surface area contributed by atoms with E-state index in [9.17, 15) is 0 Å². The molecule has 3 aromatic carbocycles. The van der Waals surface area contributed by atoms with E-state index in [1.165, 1.54) is 0 Å². The Hall–Kier alpha value is -3.18. The lowest BCUT2D eigenvalue weighted by Gasteiger charge is -2.06. The van der Waals surface area contributed by atoms with Crippen LogP contribution >= 0.6 is 11.3 Å². The molecule has 0 spiro atoms. The predicted octanol–water partition coefficient (Wildman–Crippen LogP) is 5.32. The second-order valence-electron chi connectivity index (χ2n) is 5.70. The van der Waals surface area contributed by atoms with Gasteiger partial charge in [-0.2, -0.15) is 5.10 Å². The van der Waals surface area contributed by atoms with Crippen LogP contribution in [-0.4, -0.2) is 11.2 Å². The number of hydrazone groups is 1. The summed E-state index contributed by atoms with van der Waals surface area (Å²) in [4.78, 5) is 4.49. The minimum Gasteiger partial charge on any atom is -0.489 e. The average molecular weight is 359 g/mol. The van der Waals surface area contributed by atoms with Gasteiger partial charge in [-0.25, -0.2) is 4.98 Å². The van der Waals surface area contributed by atoms with Crippen LogP contribution in [0.3, 0.4) is 0 Å². The zero-order chi connectivity index (χ0) is 17.6. The maximum absolute atomic E-state index is 5.84. The van der Waals surface area contributed by atoms with E-state index in [2.05, 4.69) is 21.6 Å². The Kier molecular flexibility index (Phi) is 4.89. The van der Waals surface area contributed by atoms with E-state index in [1.807, 2.05) is 72.8 Å². The summed E-state index contributed by atoms with van der Waals surface area (Å²) in [6.07, 6.45) is 1.77. The number of benzene rings is 3. The molecular formula is C21H17N3OS. The van der Waals surface area contributed by atoms with E-state index in [0.29, 0.717) is 6.61 Å². The van der Waals surface area contributed by atoms with Crippen molar-refractivity contribution in [1.82, 2.24) is 4.98 Å². The molecule has 0 atom stereocenters. The van der Waals surface area contributed by atoms with Crippen molar-refractivity contribution in [1.29, 1.82) is 0 Å². The van der Waals surface area contributed by atoms with Gasteiger partial charge in [0.2, 0.25) is 5.13 Å². The molecule has 0 radical (unpaired) electrons. The van der Waals surface area contributed by atoms with Crippen molar-refractivity contribution < 1.29 is 4.74 Å². The molecule has 0 saturated carbocycles. The number of para-hydroxylation sites is 1. The van der Waals surface area contributed by atoms with Gasteiger partial charge in [0.25, 0.3) is 0 Å². The lowest BCUT2D eigenvalue weighted by molar-refractivity contribution is 0.306. The number of hydrogen-bond donors (Lipinski definition) is 1. The first-order valence-electron chi connectivity index (χ1n) is 8.28. The topological polar surface area (TPSA) is 46.5 Å². The number of fused-ring (bicyclic) bond motifs is 1. The van der Waals surface area contributed by atoms with Crippen LogP contribution < -0.4 is 10.2 Å². The van der Waals surface area contributed by atoms with Gasteiger partial charge in [0, 0.05) is 0 Å². The van der Waals surface area contributed by atoms with Gasteiger partial charge in [-0.3, -0.25) is 5.43 Å². The molecule has 0 saturated heterocycles. The Bertz CT molecular complexity index is 995. The first-order valence-corrected chi connectivity index (χ1v) is 9.10. The Morgan fingerprint density at radius 3 is 2.69 bits per heavy atom. The van der Waals surface area contributed by atoms with Crippen LogP contribution in [0.25, 0.3) is 10.2 Å². The number of rotatable bonds is 6. The Labute approximate surface area is 155 Å². The fourth-order valence-electron chi connectivity index (χ4n) is 2.51. The molecule has 1 aromatic heterocycles. The maximum atomic E-state index is 5.84. The van der Waals surface area contributed by atoms with Crippen molar-refractivity contribution in [3.8, 4) is 5.75 Å². The van der Waals surface area contributed by atoms with Crippen LogP contribution in [0, 0.1) is 0 Å². The zero-order valence-corrected chi connectivity index (χ0v) is 14.8. The first kappa shape index (κ1) is 16.3. The van der Waals surface area contributed by atoms with E-state index < -0.39 is 0 Å². The zero-order valence-electron chi connectivity index (χ0n) is 14.0. The van der Waals surface area contributed by atoms with Gasteiger partial charge in [0.15, 0.2) is 0 Å². The molecule has 0 aliphatic heterocycles. The van der Waals surface area contributed by atoms with Crippen LogP contribution in [0.2, 0.25) is 0 Å². The van der Waals surface area contributed by atoms with Crippen molar-refractivity contribution in [2.24, 2.45) is 5.10 Å². The molecule has 0 amide bonds. The maximum Gasteiger partial charge on any atom is 0.204 e. The van der Waals surface area contributed by atoms with Gasteiger partial charge >= 0.3 is 0 Å². The minimum atomic E-state index is 0.547. The molecule has 0 fully saturated rings. The molecule has 128 valence electrons. The number of hydrogen-bond acceptors (Lipinski definition) is 5. The number of anilines is 1. The molecule has 0 bridgehead atoms. The number of ether oxygens (including phenoxy) is 1. The highest BCUT2D eigenvalue weighted by atomic mass is 32.1. The standard InChI is InChI=1S/C21H17N3OS/c1-2-7-16(8-3-1)15-25-18-10-6-9-17(13-18)14-22-24-21-23-19-11-4-5-12-20(19)26-21/h1-14H,15H2,(H,23,24). The molecule has 0 unspecified atom stereocenters. The van der Waals surface area contributed by atoms with Crippen molar-refractivity contribution >= 4 is 32.9 Å². The number of aromatic nitrogens is 1. The van der Waals surface area contributed by atoms with Crippen molar-refractivity contribution in [2.75, 3.05) is 5.43 Å². The summed E-state index contributed by atoms with van der Waals surface area (Å²) in [5.41, 5.74) is 6.08. The predicted molar refractivity (Wildman–Crippen MR) is 108 cm³/mol. The third kappa shape index (κ3) is 4.07. The summed E-state index contributed by atoms with van der Waals surface area (Å²) in [5, 5.41) is 5.06. The van der Waals surface area contributed by atoms with Gasteiger partial charge in [-0.1, -0.05) is 65.9 Å². The van der Waals surface area contributed by atoms with E-state index >= 15 is 0 Å². The Balaban J connectivity index is 1.39. The van der Waals surface area contributed by atoms with E-state index in [-0.39, 0.29) is 0 Å². The summed E-state index contributed by atoms with van der Waals surface area (Å²) in [6.45, 7) is 0.547. The van der Waals surface area contributed by atoms with Crippen molar-refractivity contribution in [3.05, 3.63) is 90.0 Å². The molecule has 5 heteroatoms. The minimum absolute atomic E-state index is 0.547. The lowest BCUT2D eigenvalue weighted by Crippen LogP contribution is -1.96. The highest BCUT2D eigenvalue weighted by molar-refractivity contribution is 7.22. The molecule has 4 rings (SSSR count).